The van der Waals surface area contributed by atoms with Crippen LogP contribution in [-0.4, -0.2) is 47.8 Å². The third-order valence-electron chi connectivity index (χ3n) is 4.40. The molecule has 2 atom stereocenters. The van der Waals surface area contributed by atoms with Crippen LogP contribution in [0.1, 0.15) is 25.8 Å². The second-order valence-electron chi connectivity index (χ2n) is 5.92. The lowest BCUT2D eigenvalue weighted by Gasteiger charge is -2.51. The van der Waals surface area contributed by atoms with E-state index in [0.29, 0.717) is 19.4 Å². The summed E-state index contributed by atoms with van der Waals surface area (Å²) in [5.74, 6) is -0.671. The molecule has 0 aliphatic carbocycles. The van der Waals surface area contributed by atoms with Crippen LogP contribution in [-0.2, 0) is 20.8 Å². The van der Waals surface area contributed by atoms with Gasteiger partial charge in [-0.15, -0.1) is 0 Å². The Balaban J connectivity index is 2.22. The summed E-state index contributed by atoms with van der Waals surface area (Å²) < 4.78 is 0. The van der Waals surface area contributed by atoms with Gasteiger partial charge in [-0.1, -0.05) is 30.3 Å². The van der Waals surface area contributed by atoms with Crippen LogP contribution in [0.25, 0.3) is 0 Å². The predicted molar refractivity (Wildman–Crippen MR) is 86.6 cm³/mol. The number of likely N-dealkylation sites (N-methyl/N-ethyl adjacent to an activating group) is 1. The molecular formula is C17H23N3O3. The molecule has 0 bridgehead atoms. The van der Waals surface area contributed by atoms with Gasteiger partial charge in [0.2, 0.25) is 17.7 Å². The molecule has 0 aromatic heterocycles. The largest absolute Gasteiger partial charge is 0.357 e. The molecule has 0 unspecified atom stereocenters. The number of benzene rings is 1. The highest BCUT2D eigenvalue weighted by Crippen LogP contribution is 2.34. The van der Waals surface area contributed by atoms with E-state index in [1.807, 2.05) is 30.3 Å². The monoisotopic (exact) mass is 317 g/mol. The summed E-state index contributed by atoms with van der Waals surface area (Å²) in [6.45, 7) is 3.65. The van der Waals surface area contributed by atoms with Gasteiger partial charge in [0.05, 0.1) is 0 Å². The second-order valence-corrected chi connectivity index (χ2v) is 5.92. The fourth-order valence-electron chi connectivity index (χ4n) is 3.00. The van der Waals surface area contributed by atoms with Crippen molar-refractivity contribution in [2.45, 2.75) is 38.3 Å². The van der Waals surface area contributed by atoms with Crippen LogP contribution in [0.3, 0.4) is 0 Å². The first kappa shape index (κ1) is 17.0. The zero-order valence-electron chi connectivity index (χ0n) is 13.8. The van der Waals surface area contributed by atoms with E-state index >= 15 is 0 Å². The number of nitrogens with zero attached hydrogens (tertiary/aromatic N) is 1. The molecule has 2 N–H and O–H groups in total. The lowest BCUT2D eigenvalue weighted by molar-refractivity contribution is -0.158. The van der Waals surface area contributed by atoms with Crippen molar-refractivity contribution in [3.8, 4) is 0 Å². The maximum atomic E-state index is 12.8. The van der Waals surface area contributed by atoms with E-state index in [1.165, 1.54) is 14.0 Å². The van der Waals surface area contributed by atoms with Gasteiger partial charge in [-0.25, -0.2) is 0 Å². The van der Waals surface area contributed by atoms with Crippen molar-refractivity contribution in [1.29, 1.82) is 0 Å². The first-order valence-corrected chi connectivity index (χ1v) is 7.75. The van der Waals surface area contributed by atoms with Gasteiger partial charge in [0, 0.05) is 26.9 Å². The van der Waals surface area contributed by atoms with Gasteiger partial charge >= 0.3 is 0 Å². The van der Waals surface area contributed by atoms with Gasteiger partial charge in [0.15, 0.2) is 0 Å². The summed E-state index contributed by atoms with van der Waals surface area (Å²) in [6, 6.07) is 8.96. The Hall–Kier alpha value is -2.37. The molecule has 0 radical (unpaired) electrons. The molecule has 124 valence electrons. The molecule has 6 nitrogen and oxygen atoms in total. The van der Waals surface area contributed by atoms with Crippen LogP contribution >= 0.6 is 0 Å². The highest BCUT2D eigenvalue weighted by Gasteiger charge is 2.52. The Morgan fingerprint density at radius 1 is 1.26 bits per heavy atom. The number of likely N-dealkylation sites (tertiary alicyclic amines) is 1. The van der Waals surface area contributed by atoms with Crippen molar-refractivity contribution in [3.05, 3.63) is 35.9 Å². The lowest BCUT2D eigenvalue weighted by Crippen LogP contribution is -2.71. The van der Waals surface area contributed by atoms with Crippen LogP contribution in [0.5, 0.6) is 0 Å². The summed E-state index contributed by atoms with van der Waals surface area (Å²) >= 11 is 0. The fraction of sp³-hybridized carbons (Fsp3) is 0.471. The number of nitrogens with one attached hydrogen (secondary N) is 2. The standard InChI is InChI=1S/C17H23N3O3/c1-12(15(22)18-3)19-16(23)17(9-10-20(17)13(2)21)11-14-7-5-4-6-8-14/h4-8,12H,9-11H2,1-3H3,(H,18,22)(H,19,23)/t12-,17+/m0/s1. The normalized spacial score (nSPS) is 21.1. The fourth-order valence-corrected chi connectivity index (χ4v) is 3.00. The molecule has 2 rings (SSSR count). The third-order valence-corrected chi connectivity index (χ3v) is 4.40. The van der Waals surface area contributed by atoms with E-state index in [1.54, 1.807) is 11.8 Å². The van der Waals surface area contributed by atoms with E-state index in [2.05, 4.69) is 10.6 Å². The van der Waals surface area contributed by atoms with Crippen LogP contribution in [0, 0.1) is 0 Å². The van der Waals surface area contributed by atoms with Gasteiger partial charge in [-0.05, 0) is 18.9 Å². The maximum Gasteiger partial charge on any atom is 0.247 e. The van der Waals surface area contributed by atoms with Gasteiger partial charge in [0.1, 0.15) is 11.6 Å². The van der Waals surface area contributed by atoms with E-state index in [0.717, 1.165) is 5.56 Å². The first-order chi connectivity index (χ1) is 10.9. The summed E-state index contributed by atoms with van der Waals surface area (Å²) in [6.07, 6.45) is 1.04. The predicted octanol–water partition coefficient (Wildman–Crippen LogP) is 0.471. The Morgan fingerprint density at radius 3 is 2.39 bits per heavy atom. The van der Waals surface area contributed by atoms with E-state index in [-0.39, 0.29) is 17.7 Å². The van der Waals surface area contributed by atoms with Gasteiger partial charge < -0.3 is 15.5 Å². The number of carbonyl (C=O) groups excluding carboxylic acids is 3. The zero-order chi connectivity index (χ0) is 17.0. The van der Waals surface area contributed by atoms with Crippen LogP contribution in [0.2, 0.25) is 0 Å². The van der Waals surface area contributed by atoms with E-state index in [9.17, 15) is 14.4 Å². The summed E-state index contributed by atoms with van der Waals surface area (Å²) in [7, 11) is 1.52. The van der Waals surface area contributed by atoms with E-state index in [4.69, 9.17) is 0 Å². The molecule has 1 saturated heterocycles. The van der Waals surface area contributed by atoms with Crippen molar-refractivity contribution >= 4 is 17.7 Å². The molecule has 1 aliphatic rings. The van der Waals surface area contributed by atoms with Crippen molar-refractivity contribution in [2.24, 2.45) is 0 Å². The van der Waals surface area contributed by atoms with Gasteiger partial charge in [0.25, 0.3) is 0 Å². The van der Waals surface area contributed by atoms with Crippen molar-refractivity contribution < 1.29 is 14.4 Å². The highest BCUT2D eigenvalue weighted by molar-refractivity contribution is 5.96. The number of carbonyl (C=O) groups is 3. The molecule has 23 heavy (non-hydrogen) atoms. The molecule has 1 fully saturated rings. The molecular weight excluding hydrogens is 294 g/mol. The molecule has 0 spiro atoms. The number of hydrogen-bond donors (Lipinski definition) is 2. The highest BCUT2D eigenvalue weighted by atomic mass is 16.2. The number of hydrogen-bond acceptors (Lipinski definition) is 3. The Morgan fingerprint density at radius 2 is 1.91 bits per heavy atom. The van der Waals surface area contributed by atoms with Gasteiger partial charge in [-0.2, -0.15) is 0 Å². The third kappa shape index (κ3) is 3.36. The maximum absolute atomic E-state index is 12.8. The molecule has 1 aromatic rings. The minimum atomic E-state index is -0.907. The van der Waals surface area contributed by atoms with Crippen molar-refractivity contribution in [2.75, 3.05) is 13.6 Å². The first-order valence-electron chi connectivity index (χ1n) is 7.75. The molecule has 1 heterocycles. The molecule has 1 aromatic carbocycles. The van der Waals surface area contributed by atoms with Crippen LogP contribution in [0.4, 0.5) is 0 Å². The molecule has 0 saturated carbocycles. The zero-order valence-corrected chi connectivity index (χ0v) is 13.8. The van der Waals surface area contributed by atoms with Crippen molar-refractivity contribution in [3.63, 3.8) is 0 Å². The quantitative estimate of drug-likeness (QED) is 0.829. The summed E-state index contributed by atoms with van der Waals surface area (Å²) in [5, 5.41) is 5.24. The minimum absolute atomic E-state index is 0.130. The number of amides is 3. The smallest absolute Gasteiger partial charge is 0.247 e. The number of rotatable bonds is 5. The van der Waals surface area contributed by atoms with E-state index < -0.39 is 11.6 Å². The van der Waals surface area contributed by atoms with Crippen LogP contribution < -0.4 is 10.6 Å². The SMILES string of the molecule is CNC(=O)[C@H](C)NC(=O)[C@]1(Cc2ccccc2)CCN1C(C)=O. The molecule has 3 amide bonds. The Bertz CT molecular complexity index is 602. The minimum Gasteiger partial charge on any atom is -0.357 e. The van der Waals surface area contributed by atoms with Crippen molar-refractivity contribution in [1.82, 2.24) is 15.5 Å². The second kappa shape index (κ2) is 6.81. The Labute approximate surface area is 136 Å². The average molecular weight is 317 g/mol. The summed E-state index contributed by atoms with van der Waals surface area (Å²) in [4.78, 5) is 37.9. The lowest BCUT2D eigenvalue weighted by atomic mass is 9.78. The molecule has 6 heteroatoms. The molecule has 1 aliphatic heterocycles. The van der Waals surface area contributed by atoms with Crippen LogP contribution in [0.15, 0.2) is 30.3 Å². The summed E-state index contributed by atoms with van der Waals surface area (Å²) in [5.41, 5.74) is 0.0799. The van der Waals surface area contributed by atoms with Gasteiger partial charge in [-0.3, -0.25) is 14.4 Å². The topological polar surface area (TPSA) is 78.5 Å². The Kier molecular flexibility index (Phi) is 5.03. The average Bonchev–Trinajstić information content (AvgIpc) is 2.50.